The van der Waals surface area contributed by atoms with Gasteiger partial charge in [-0.25, -0.2) is 4.39 Å². The van der Waals surface area contributed by atoms with E-state index in [1.165, 1.54) is 18.2 Å². The first-order valence-electron chi connectivity index (χ1n) is 8.22. The molecule has 0 unspecified atom stereocenters. The molecule has 1 aromatic carbocycles. The third-order valence-corrected chi connectivity index (χ3v) is 4.88. The molecular formula is C19H17FN2O4S. The second kappa shape index (κ2) is 7.79. The largest absolute Gasteiger partial charge is 0.466 e. The molecule has 1 fully saturated rings. The third kappa shape index (κ3) is 4.11. The number of furan rings is 1. The summed E-state index contributed by atoms with van der Waals surface area (Å²) in [5.74, 6) is -0.177. The Hall–Kier alpha value is -2.87. The number of carbonyl (C=O) groups is 3. The van der Waals surface area contributed by atoms with Gasteiger partial charge in [0, 0.05) is 18.7 Å². The number of hydrogen-bond donors (Lipinski definition) is 1. The average molecular weight is 388 g/mol. The summed E-state index contributed by atoms with van der Waals surface area (Å²) in [6, 6.07) is 7.63. The number of benzene rings is 1. The Morgan fingerprint density at radius 2 is 2.04 bits per heavy atom. The first-order chi connectivity index (χ1) is 12.9. The number of hydrogen-bond acceptors (Lipinski definition) is 5. The molecule has 0 bridgehead atoms. The van der Waals surface area contributed by atoms with Gasteiger partial charge in [-0.15, -0.1) is 0 Å². The number of amides is 3. The lowest BCUT2D eigenvalue weighted by Crippen LogP contribution is -2.37. The van der Waals surface area contributed by atoms with Crippen LogP contribution >= 0.6 is 11.8 Å². The molecule has 3 amide bonds. The summed E-state index contributed by atoms with van der Waals surface area (Å²) in [7, 11) is 0. The highest BCUT2D eigenvalue weighted by Gasteiger charge is 2.34. The van der Waals surface area contributed by atoms with E-state index in [9.17, 15) is 18.8 Å². The van der Waals surface area contributed by atoms with Crippen LogP contribution in [0.25, 0.3) is 6.08 Å². The van der Waals surface area contributed by atoms with Crippen molar-refractivity contribution in [2.45, 2.75) is 13.8 Å². The van der Waals surface area contributed by atoms with E-state index in [1.54, 1.807) is 32.0 Å². The highest BCUT2D eigenvalue weighted by molar-refractivity contribution is 8.18. The first-order valence-corrected chi connectivity index (χ1v) is 9.03. The molecular weight excluding hydrogens is 371 g/mol. The molecule has 2 heterocycles. The number of rotatable bonds is 5. The summed E-state index contributed by atoms with van der Waals surface area (Å²) in [4.78, 5) is 37.8. The maximum atomic E-state index is 13.7. The lowest BCUT2D eigenvalue weighted by atomic mass is 10.2. The van der Waals surface area contributed by atoms with E-state index in [0.29, 0.717) is 17.1 Å². The Morgan fingerprint density at radius 3 is 2.70 bits per heavy atom. The molecule has 0 spiro atoms. The molecule has 140 valence electrons. The van der Waals surface area contributed by atoms with Gasteiger partial charge in [-0.1, -0.05) is 18.2 Å². The van der Waals surface area contributed by atoms with Gasteiger partial charge in [-0.05, 0) is 43.8 Å². The average Bonchev–Trinajstić information content (AvgIpc) is 3.09. The van der Waals surface area contributed by atoms with Gasteiger partial charge in [-0.2, -0.15) is 0 Å². The van der Waals surface area contributed by atoms with Crippen molar-refractivity contribution in [2.24, 2.45) is 0 Å². The van der Waals surface area contributed by atoms with Crippen molar-refractivity contribution in [1.82, 2.24) is 10.2 Å². The Balaban J connectivity index is 1.62. The van der Waals surface area contributed by atoms with Crippen LogP contribution < -0.4 is 5.32 Å². The predicted molar refractivity (Wildman–Crippen MR) is 99.6 cm³/mol. The molecule has 8 heteroatoms. The van der Waals surface area contributed by atoms with E-state index >= 15 is 0 Å². The monoisotopic (exact) mass is 388 g/mol. The second-order valence-corrected chi connectivity index (χ2v) is 6.93. The second-order valence-electron chi connectivity index (χ2n) is 5.94. The lowest BCUT2D eigenvalue weighted by Gasteiger charge is -2.12. The van der Waals surface area contributed by atoms with Crippen LogP contribution in [-0.4, -0.2) is 35.0 Å². The summed E-state index contributed by atoms with van der Waals surface area (Å²) in [6.45, 7) is 3.56. The van der Waals surface area contributed by atoms with E-state index in [2.05, 4.69) is 5.32 Å². The molecule has 1 N–H and O–H groups in total. The molecule has 0 radical (unpaired) electrons. The molecule has 0 aliphatic carbocycles. The fourth-order valence-corrected chi connectivity index (χ4v) is 3.51. The maximum absolute atomic E-state index is 13.7. The Morgan fingerprint density at radius 1 is 1.30 bits per heavy atom. The molecule has 1 aromatic heterocycles. The fourth-order valence-electron chi connectivity index (χ4n) is 2.66. The van der Waals surface area contributed by atoms with Gasteiger partial charge in [0.15, 0.2) is 0 Å². The summed E-state index contributed by atoms with van der Waals surface area (Å²) in [5, 5.41) is 2.21. The Kier molecular flexibility index (Phi) is 5.46. The minimum absolute atomic E-state index is 0.0287. The summed E-state index contributed by atoms with van der Waals surface area (Å²) in [5.41, 5.74) is 0.656. The molecule has 6 nitrogen and oxygen atoms in total. The molecule has 27 heavy (non-hydrogen) atoms. The van der Waals surface area contributed by atoms with Crippen LogP contribution in [0.3, 0.4) is 0 Å². The Bertz CT molecular complexity index is 951. The van der Waals surface area contributed by atoms with Crippen molar-refractivity contribution < 1.29 is 23.2 Å². The van der Waals surface area contributed by atoms with Crippen LogP contribution in [0.15, 0.2) is 39.7 Å². The summed E-state index contributed by atoms with van der Waals surface area (Å²) in [6.07, 6.45) is 1.36. The van der Waals surface area contributed by atoms with Gasteiger partial charge in [0.05, 0.1) is 10.5 Å². The van der Waals surface area contributed by atoms with Gasteiger partial charge < -0.3 is 9.73 Å². The van der Waals surface area contributed by atoms with E-state index < -0.39 is 17.0 Å². The zero-order valence-electron chi connectivity index (χ0n) is 14.7. The smallest absolute Gasteiger partial charge is 0.293 e. The van der Waals surface area contributed by atoms with Gasteiger partial charge >= 0.3 is 0 Å². The quantitative estimate of drug-likeness (QED) is 0.793. The lowest BCUT2D eigenvalue weighted by molar-refractivity contribution is -0.122. The number of halogens is 1. The van der Waals surface area contributed by atoms with Crippen molar-refractivity contribution in [3.63, 3.8) is 0 Å². The number of carbonyl (C=O) groups excluding carboxylic acids is 3. The zero-order chi connectivity index (χ0) is 19.6. The van der Waals surface area contributed by atoms with Crippen LogP contribution in [0.4, 0.5) is 9.18 Å². The predicted octanol–water partition coefficient (Wildman–Crippen LogP) is 3.50. The number of nitrogens with zero attached hydrogens (tertiary/aromatic N) is 1. The molecule has 3 rings (SSSR count). The van der Waals surface area contributed by atoms with Crippen molar-refractivity contribution in [3.05, 3.63) is 63.7 Å². The first kappa shape index (κ1) is 18.9. The van der Waals surface area contributed by atoms with Gasteiger partial charge in [-0.3, -0.25) is 19.3 Å². The van der Waals surface area contributed by atoms with Crippen molar-refractivity contribution >= 4 is 34.9 Å². The molecule has 0 atom stereocenters. The highest BCUT2D eigenvalue weighted by atomic mass is 32.2. The summed E-state index contributed by atoms with van der Waals surface area (Å²) >= 11 is 0.750. The van der Waals surface area contributed by atoms with Crippen LogP contribution in [0, 0.1) is 19.7 Å². The number of imide groups is 1. The minimum Gasteiger partial charge on any atom is -0.466 e. The van der Waals surface area contributed by atoms with Gasteiger partial charge in [0.2, 0.25) is 0 Å². The van der Waals surface area contributed by atoms with Crippen molar-refractivity contribution in [2.75, 3.05) is 13.1 Å². The summed E-state index contributed by atoms with van der Waals surface area (Å²) < 4.78 is 19.0. The standard InChI is InChI=1S/C19H17FN2O4S/c1-11-9-14(12(2)26-11)17(23)21-7-8-22-18(24)16(27-19(22)25)10-13-5-3-4-6-15(13)20/h3-6,9-10H,7-8H2,1-2H3,(H,21,23)/b16-10-. The topological polar surface area (TPSA) is 79.6 Å². The zero-order valence-corrected chi connectivity index (χ0v) is 15.6. The van der Waals surface area contributed by atoms with Gasteiger partial charge in [0.25, 0.3) is 17.1 Å². The maximum Gasteiger partial charge on any atom is 0.293 e. The highest BCUT2D eigenvalue weighted by Crippen LogP contribution is 2.32. The molecule has 1 aliphatic heterocycles. The molecule has 1 saturated heterocycles. The van der Waals surface area contributed by atoms with E-state index in [-0.39, 0.29) is 29.5 Å². The number of thioether (sulfide) groups is 1. The van der Waals surface area contributed by atoms with E-state index in [0.717, 1.165) is 16.7 Å². The van der Waals surface area contributed by atoms with Crippen molar-refractivity contribution in [1.29, 1.82) is 0 Å². The number of aryl methyl sites for hydroxylation is 2. The number of nitrogens with one attached hydrogen (secondary N) is 1. The Labute approximate surface area is 159 Å². The van der Waals surface area contributed by atoms with E-state index in [4.69, 9.17) is 4.42 Å². The van der Waals surface area contributed by atoms with Crippen LogP contribution in [-0.2, 0) is 4.79 Å². The van der Waals surface area contributed by atoms with E-state index in [1.807, 2.05) is 0 Å². The third-order valence-electron chi connectivity index (χ3n) is 3.97. The van der Waals surface area contributed by atoms with Gasteiger partial charge in [0.1, 0.15) is 17.3 Å². The molecule has 0 saturated carbocycles. The SMILES string of the molecule is Cc1cc(C(=O)NCCN2C(=O)S/C(=C\c3ccccc3F)C2=O)c(C)o1. The fraction of sp³-hybridized carbons (Fsp3) is 0.211. The minimum atomic E-state index is -0.502. The molecule has 2 aromatic rings. The van der Waals surface area contributed by atoms with Crippen LogP contribution in [0.5, 0.6) is 0 Å². The molecule has 1 aliphatic rings. The van der Waals surface area contributed by atoms with Crippen LogP contribution in [0.2, 0.25) is 0 Å². The van der Waals surface area contributed by atoms with Crippen LogP contribution in [0.1, 0.15) is 27.4 Å². The van der Waals surface area contributed by atoms with Crippen molar-refractivity contribution in [3.8, 4) is 0 Å². The normalized spacial score (nSPS) is 15.7.